The number of allylic oxidation sites excluding steroid dienone is 2. The number of hydrogen-bond donors (Lipinski definition) is 1. The number of benzene rings is 1. The first kappa shape index (κ1) is 25.9. The maximum absolute atomic E-state index is 12.9. The van der Waals surface area contributed by atoms with Gasteiger partial charge in [-0.1, -0.05) is 25.5 Å². The van der Waals surface area contributed by atoms with Gasteiger partial charge in [0.25, 0.3) is 5.91 Å². The van der Waals surface area contributed by atoms with E-state index in [1.165, 1.54) is 11.8 Å². The molecule has 0 spiro atoms. The topological polar surface area (TPSA) is 99.5 Å². The minimum atomic E-state index is -0.834. The second-order valence-corrected chi connectivity index (χ2v) is 8.38. The highest BCUT2D eigenvalue weighted by atomic mass is 16.6. The number of rotatable bonds is 6. The molecule has 1 atom stereocenters. The van der Waals surface area contributed by atoms with Gasteiger partial charge in [0.2, 0.25) is 0 Å². The van der Waals surface area contributed by atoms with E-state index in [4.69, 9.17) is 10.00 Å². The van der Waals surface area contributed by atoms with Crippen LogP contribution in [0.15, 0.2) is 36.4 Å². The number of hydrogen-bond acceptors (Lipinski definition) is 5. The number of imide groups is 1. The van der Waals surface area contributed by atoms with Crippen LogP contribution in [-0.4, -0.2) is 29.0 Å². The third-order valence-corrected chi connectivity index (χ3v) is 4.52. The third-order valence-electron chi connectivity index (χ3n) is 4.52. The first-order valence-electron chi connectivity index (χ1n) is 10.5. The van der Waals surface area contributed by atoms with Crippen molar-refractivity contribution < 1.29 is 19.1 Å². The monoisotopic (exact) mass is 427 g/mol. The van der Waals surface area contributed by atoms with Crippen molar-refractivity contribution >= 4 is 23.6 Å². The second kappa shape index (κ2) is 11.3. The molecule has 1 saturated heterocycles. The minimum Gasteiger partial charge on any atom is -0.460 e. The van der Waals surface area contributed by atoms with Crippen LogP contribution < -0.4 is 10.2 Å². The van der Waals surface area contributed by atoms with Crippen molar-refractivity contribution in [1.82, 2.24) is 5.32 Å². The number of ether oxygens (including phenoxy) is 1. The van der Waals surface area contributed by atoms with Crippen LogP contribution in [0.5, 0.6) is 0 Å². The average Bonchev–Trinajstić information content (AvgIpc) is 2.91. The zero-order chi connectivity index (χ0) is 23.7. The maximum Gasteiger partial charge on any atom is 0.329 e. The molecule has 1 aromatic carbocycles. The molecule has 2 rings (SSSR count). The van der Waals surface area contributed by atoms with Gasteiger partial charge in [-0.3, -0.25) is 9.59 Å². The molecule has 1 fully saturated rings. The Bertz CT molecular complexity index is 847. The highest BCUT2D eigenvalue weighted by Crippen LogP contribution is 2.31. The molecule has 3 amide bonds. The summed E-state index contributed by atoms with van der Waals surface area (Å²) in [6.45, 7) is 10.9. The number of esters is 1. The fraction of sp³-hybridized carbons (Fsp3) is 0.500. The first-order chi connectivity index (χ1) is 14.5. The number of urea groups is 1. The molecule has 168 valence electrons. The van der Waals surface area contributed by atoms with E-state index in [9.17, 15) is 14.4 Å². The van der Waals surface area contributed by atoms with Gasteiger partial charge in [-0.15, -0.1) is 0 Å². The molecule has 0 radical (unpaired) electrons. The molecule has 1 N–H and O–H groups in total. The van der Waals surface area contributed by atoms with E-state index in [1.807, 2.05) is 52.8 Å². The Hall–Kier alpha value is -3.14. The molecule has 1 aromatic rings. The third kappa shape index (κ3) is 7.56. The van der Waals surface area contributed by atoms with Crippen molar-refractivity contribution in [2.75, 3.05) is 4.90 Å². The van der Waals surface area contributed by atoms with E-state index in [1.54, 1.807) is 24.3 Å². The quantitative estimate of drug-likeness (QED) is 0.397. The van der Waals surface area contributed by atoms with Crippen molar-refractivity contribution in [2.24, 2.45) is 0 Å². The predicted octanol–water partition coefficient (Wildman–Crippen LogP) is 4.86. The van der Waals surface area contributed by atoms with Gasteiger partial charge in [0, 0.05) is 6.92 Å². The van der Waals surface area contributed by atoms with Gasteiger partial charge in [0.1, 0.15) is 11.1 Å². The van der Waals surface area contributed by atoms with E-state index in [0.717, 1.165) is 12.8 Å². The van der Waals surface area contributed by atoms with E-state index in [2.05, 4.69) is 5.32 Å². The second-order valence-electron chi connectivity index (χ2n) is 8.38. The number of nitrogens with one attached hydrogen (secondary N) is 1. The van der Waals surface area contributed by atoms with Crippen molar-refractivity contribution in [3.63, 3.8) is 0 Å². The molecule has 0 aromatic heterocycles. The Labute approximate surface area is 185 Å². The van der Waals surface area contributed by atoms with E-state index < -0.39 is 11.6 Å². The van der Waals surface area contributed by atoms with Crippen LogP contribution in [0.25, 0.3) is 0 Å². The molecule has 31 heavy (non-hydrogen) atoms. The minimum absolute atomic E-state index is 0.210. The molecular formula is C24H33N3O4. The highest BCUT2D eigenvalue weighted by Gasteiger charge is 2.50. The summed E-state index contributed by atoms with van der Waals surface area (Å²) >= 11 is 0. The molecule has 1 aliphatic rings. The van der Waals surface area contributed by atoms with Crippen LogP contribution in [0.2, 0.25) is 0 Å². The van der Waals surface area contributed by atoms with E-state index in [0.29, 0.717) is 24.1 Å². The van der Waals surface area contributed by atoms with Crippen LogP contribution in [0, 0.1) is 11.3 Å². The number of nitriles is 1. The summed E-state index contributed by atoms with van der Waals surface area (Å²) < 4.78 is 4.80. The lowest BCUT2D eigenvalue weighted by Crippen LogP contribution is -2.46. The van der Waals surface area contributed by atoms with Crippen LogP contribution in [0.4, 0.5) is 10.5 Å². The lowest BCUT2D eigenvalue weighted by atomic mass is 9.88. The van der Waals surface area contributed by atoms with Crippen LogP contribution in [-0.2, 0) is 14.3 Å². The first-order valence-corrected chi connectivity index (χ1v) is 10.5. The molecule has 7 heteroatoms. The molecule has 0 saturated carbocycles. The Morgan fingerprint density at radius 2 is 1.84 bits per heavy atom. The Balaban J connectivity index is 0.000000512. The summed E-state index contributed by atoms with van der Waals surface area (Å²) in [6, 6.07) is 8.10. The van der Waals surface area contributed by atoms with Gasteiger partial charge in [0.05, 0.1) is 17.3 Å². The van der Waals surface area contributed by atoms with Crippen molar-refractivity contribution in [3.8, 4) is 6.07 Å². The molecule has 1 aliphatic heterocycles. The van der Waals surface area contributed by atoms with Gasteiger partial charge in [-0.2, -0.15) is 5.26 Å². The summed E-state index contributed by atoms with van der Waals surface area (Å²) in [4.78, 5) is 36.7. The average molecular weight is 428 g/mol. The Morgan fingerprint density at radius 1 is 1.23 bits per heavy atom. The molecule has 0 bridgehead atoms. The molecule has 1 unspecified atom stereocenters. The summed E-state index contributed by atoms with van der Waals surface area (Å²) in [5.74, 6) is -0.434. The van der Waals surface area contributed by atoms with Gasteiger partial charge in [-0.05, 0) is 71.2 Å². The fourth-order valence-electron chi connectivity index (χ4n) is 3.36. The molecule has 0 aliphatic carbocycles. The standard InChI is InChI=1S/C18H21N3O2.C6H12O2/c1-3-5-6-12-18(11-4-2)16(22)21(17(23)20-18)15-9-7-14(13-19)8-10-15;1-5(7)8-6(2,3)4/h3,5,7-10H,4,6,11-12H2,1-2H3,(H,20,23);1-4H3/b5-3-;. The summed E-state index contributed by atoms with van der Waals surface area (Å²) in [6.07, 6.45) is 6.69. The van der Waals surface area contributed by atoms with E-state index in [-0.39, 0.29) is 17.5 Å². The Morgan fingerprint density at radius 3 is 2.26 bits per heavy atom. The molecule has 1 heterocycles. The summed E-state index contributed by atoms with van der Waals surface area (Å²) in [5, 5.41) is 11.7. The lowest BCUT2D eigenvalue weighted by molar-refractivity contribution is -0.151. The number of anilines is 1. The predicted molar refractivity (Wildman–Crippen MR) is 120 cm³/mol. The highest BCUT2D eigenvalue weighted by molar-refractivity contribution is 6.23. The van der Waals surface area contributed by atoms with Crippen molar-refractivity contribution in [2.45, 2.75) is 78.4 Å². The number of carbonyl (C=O) groups is 3. The maximum atomic E-state index is 12.9. The zero-order valence-corrected chi connectivity index (χ0v) is 19.3. The van der Waals surface area contributed by atoms with Gasteiger partial charge >= 0.3 is 12.0 Å². The molecular weight excluding hydrogens is 394 g/mol. The van der Waals surface area contributed by atoms with Gasteiger partial charge in [-0.25, -0.2) is 9.69 Å². The molecule has 7 nitrogen and oxygen atoms in total. The normalized spacial score (nSPS) is 18.3. The van der Waals surface area contributed by atoms with E-state index >= 15 is 0 Å². The van der Waals surface area contributed by atoms with Crippen molar-refractivity contribution in [1.29, 1.82) is 5.26 Å². The van der Waals surface area contributed by atoms with Crippen LogP contribution in [0.3, 0.4) is 0 Å². The number of amides is 3. The van der Waals surface area contributed by atoms with Crippen LogP contribution >= 0.6 is 0 Å². The summed E-state index contributed by atoms with van der Waals surface area (Å²) in [7, 11) is 0. The number of carbonyl (C=O) groups excluding carboxylic acids is 3. The van der Waals surface area contributed by atoms with Crippen molar-refractivity contribution in [3.05, 3.63) is 42.0 Å². The smallest absolute Gasteiger partial charge is 0.329 e. The SMILES string of the molecule is C/C=C\CCC1(CCC)NC(=O)N(c2ccc(C#N)cc2)C1=O.CC(=O)OC(C)(C)C. The fourth-order valence-corrected chi connectivity index (χ4v) is 3.36. The Kier molecular flexibility index (Phi) is 9.44. The lowest BCUT2D eigenvalue weighted by Gasteiger charge is -2.25. The summed E-state index contributed by atoms with van der Waals surface area (Å²) in [5.41, 5.74) is -0.172. The van der Waals surface area contributed by atoms with Crippen LogP contribution in [0.1, 0.15) is 72.8 Å². The number of nitrogens with zero attached hydrogens (tertiary/aromatic N) is 2. The largest absolute Gasteiger partial charge is 0.460 e. The van der Waals surface area contributed by atoms with Gasteiger partial charge < -0.3 is 10.1 Å². The van der Waals surface area contributed by atoms with Gasteiger partial charge in [0.15, 0.2) is 0 Å². The zero-order valence-electron chi connectivity index (χ0n) is 19.3.